The fourth-order valence-corrected chi connectivity index (χ4v) is 3.79. The van der Waals surface area contributed by atoms with Crippen LogP contribution in [0.5, 0.6) is 0 Å². The van der Waals surface area contributed by atoms with E-state index in [2.05, 4.69) is 4.98 Å². The van der Waals surface area contributed by atoms with Crippen LogP contribution in [0.2, 0.25) is 0 Å². The van der Waals surface area contributed by atoms with E-state index in [9.17, 15) is 19.2 Å². The zero-order valence-electron chi connectivity index (χ0n) is 18.0. The Morgan fingerprint density at radius 3 is 2.10 bits per heavy atom. The standard InChI is InChI=1S/C22H23N5O4/c1-12(14(3)28)26-17(16-9-7-6-8-10-16)11-25-18-19(23-21(25)26)24(5)22(31)27(20(18)30)13(2)15(4)29/h6-13H,1-5H3/t12-,13+/m0/s1. The molecule has 1 aromatic carbocycles. The van der Waals surface area contributed by atoms with Crippen molar-refractivity contribution in [3.63, 3.8) is 0 Å². The van der Waals surface area contributed by atoms with Crippen molar-refractivity contribution in [3.8, 4) is 11.3 Å². The Hall–Kier alpha value is -3.75. The van der Waals surface area contributed by atoms with E-state index in [1.807, 2.05) is 30.3 Å². The second-order valence-electron chi connectivity index (χ2n) is 7.79. The van der Waals surface area contributed by atoms with Crippen molar-refractivity contribution in [1.29, 1.82) is 0 Å². The largest absolute Gasteiger partial charge is 0.333 e. The summed E-state index contributed by atoms with van der Waals surface area (Å²) in [7, 11) is 1.51. The fourth-order valence-electron chi connectivity index (χ4n) is 3.79. The molecule has 9 nitrogen and oxygen atoms in total. The van der Waals surface area contributed by atoms with Crippen molar-refractivity contribution < 1.29 is 9.59 Å². The van der Waals surface area contributed by atoms with Crippen LogP contribution in [0.3, 0.4) is 0 Å². The van der Waals surface area contributed by atoms with Gasteiger partial charge < -0.3 is 0 Å². The number of carbonyl (C=O) groups excluding carboxylic acids is 2. The van der Waals surface area contributed by atoms with Crippen molar-refractivity contribution in [2.75, 3.05) is 0 Å². The number of hydrogen-bond acceptors (Lipinski definition) is 5. The maximum absolute atomic E-state index is 13.3. The lowest BCUT2D eigenvalue weighted by Gasteiger charge is -2.14. The van der Waals surface area contributed by atoms with Crippen molar-refractivity contribution in [3.05, 3.63) is 57.4 Å². The van der Waals surface area contributed by atoms with E-state index in [-0.39, 0.29) is 22.7 Å². The number of imidazole rings is 2. The first-order valence-corrected chi connectivity index (χ1v) is 9.96. The van der Waals surface area contributed by atoms with E-state index < -0.39 is 23.3 Å². The van der Waals surface area contributed by atoms with Crippen LogP contribution in [0, 0.1) is 0 Å². The first-order chi connectivity index (χ1) is 14.6. The van der Waals surface area contributed by atoms with Gasteiger partial charge >= 0.3 is 5.69 Å². The van der Waals surface area contributed by atoms with Crippen LogP contribution in [0.25, 0.3) is 28.2 Å². The van der Waals surface area contributed by atoms with Crippen molar-refractivity contribution in [2.45, 2.75) is 39.8 Å². The van der Waals surface area contributed by atoms with E-state index >= 15 is 0 Å². The summed E-state index contributed by atoms with van der Waals surface area (Å²) in [4.78, 5) is 54.9. The second kappa shape index (κ2) is 7.19. The minimum Gasteiger partial charge on any atom is -0.299 e. The molecular weight excluding hydrogens is 398 g/mol. The molecule has 2 atom stereocenters. The normalized spacial score (nSPS) is 13.6. The minimum atomic E-state index is -0.909. The Balaban J connectivity index is 2.18. The maximum atomic E-state index is 13.3. The molecule has 9 heteroatoms. The lowest BCUT2D eigenvalue weighted by atomic mass is 10.1. The molecule has 0 radical (unpaired) electrons. The van der Waals surface area contributed by atoms with Gasteiger partial charge in [0.25, 0.3) is 5.56 Å². The number of aromatic nitrogens is 5. The highest BCUT2D eigenvalue weighted by molar-refractivity contribution is 5.84. The van der Waals surface area contributed by atoms with Gasteiger partial charge in [0.1, 0.15) is 0 Å². The molecule has 160 valence electrons. The molecule has 0 aliphatic rings. The van der Waals surface area contributed by atoms with Crippen LogP contribution in [0.4, 0.5) is 0 Å². The lowest BCUT2D eigenvalue weighted by molar-refractivity contribution is -0.120. The van der Waals surface area contributed by atoms with E-state index in [1.54, 1.807) is 22.1 Å². The number of hydrogen-bond donors (Lipinski definition) is 0. The highest BCUT2D eigenvalue weighted by atomic mass is 16.2. The number of rotatable bonds is 5. The summed E-state index contributed by atoms with van der Waals surface area (Å²) in [5.74, 6) is 0.00257. The predicted octanol–water partition coefficient (Wildman–Crippen LogP) is 2.12. The monoisotopic (exact) mass is 421 g/mol. The molecule has 3 aromatic heterocycles. The summed E-state index contributed by atoms with van der Waals surface area (Å²) in [5.41, 5.74) is 0.734. The van der Waals surface area contributed by atoms with Crippen LogP contribution in [-0.4, -0.2) is 34.7 Å². The molecule has 0 fully saturated rings. The number of nitrogens with zero attached hydrogens (tertiary/aromatic N) is 5. The van der Waals surface area contributed by atoms with Gasteiger partial charge in [-0.25, -0.2) is 9.36 Å². The highest BCUT2D eigenvalue weighted by Gasteiger charge is 2.26. The smallest absolute Gasteiger partial charge is 0.299 e. The van der Waals surface area contributed by atoms with Gasteiger partial charge in [0.15, 0.2) is 22.7 Å². The molecular formula is C22H23N5O4. The van der Waals surface area contributed by atoms with Gasteiger partial charge in [0, 0.05) is 13.2 Å². The number of carbonyl (C=O) groups is 2. The van der Waals surface area contributed by atoms with Gasteiger partial charge in [-0.2, -0.15) is 4.98 Å². The molecule has 0 N–H and O–H groups in total. The van der Waals surface area contributed by atoms with E-state index in [0.29, 0.717) is 11.5 Å². The van der Waals surface area contributed by atoms with Gasteiger partial charge in [-0.1, -0.05) is 30.3 Å². The SMILES string of the molecule is CC(=O)[C@@H](C)n1c(=O)c2c(nc3n([C@@H](C)C(C)=O)c(-c4ccccc4)cn23)n(C)c1=O. The maximum Gasteiger partial charge on any atom is 0.333 e. The number of ketones is 2. The summed E-state index contributed by atoms with van der Waals surface area (Å²) in [5, 5.41) is 0. The third-order valence-corrected chi connectivity index (χ3v) is 5.85. The van der Waals surface area contributed by atoms with Crippen molar-refractivity contribution in [1.82, 2.24) is 23.1 Å². The van der Waals surface area contributed by atoms with Crippen LogP contribution in [0.1, 0.15) is 39.8 Å². The number of benzene rings is 1. The van der Waals surface area contributed by atoms with Gasteiger partial charge in [-0.05, 0) is 33.3 Å². The molecule has 0 aliphatic carbocycles. The molecule has 0 unspecified atom stereocenters. The topological polar surface area (TPSA) is 100 Å². The van der Waals surface area contributed by atoms with Crippen LogP contribution < -0.4 is 11.2 Å². The highest BCUT2D eigenvalue weighted by Crippen LogP contribution is 2.29. The second-order valence-corrected chi connectivity index (χ2v) is 7.79. The predicted molar refractivity (Wildman–Crippen MR) is 116 cm³/mol. The number of fused-ring (bicyclic) bond motifs is 3. The molecule has 0 aliphatic heterocycles. The van der Waals surface area contributed by atoms with Gasteiger partial charge in [0.05, 0.1) is 17.8 Å². The third kappa shape index (κ3) is 2.96. The Bertz CT molecular complexity index is 1470. The average Bonchev–Trinajstić information content (AvgIpc) is 3.28. The molecule has 0 spiro atoms. The van der Waals surface area contributed by atoms with E-state index in [0.717, 1.165) is 10.1 Å². The summed E-state index contributed by atoms with van der Waals surface area (Å²) < 4.78 is 5.57. The number of Topliss-reactive ketones (excluding diaryl/α,β-unsaturated/α-hetero) is 2. The first kappa shape index (κ1) is 20.5. The quantitative estimate of drug-likeness (QED) is 0.491. The minimum absolute atomic E-state index is 0.0705. The van der Waals surface area contributed by atoms with Gasteiger partial charge in [-0.3, -0.25) is 27.9 Å². The lowest BCUT2D eigenvalue weighted by Crippen LogP contribution is -2.42. The fraction of sp³-hybridized carbons (Fsp3) is 0.318. The summed E-state index contributed by atoms with van der Waals surface area (Å²) >= 11 is 0. The van der Waals surface area contributed by atoms with Gasteiger partial charge in [0.2, 0.25) is 5.78 Å². The number of aryl methyl sites for hydroxylation is 1. The molecule has 0 saturated heterocycles. The van der Waals surface area contributed by atoms with Crippen molar-refractivity contribution >= 4 is 28.5 Å². The Morgan fingerprint density at radius 1 is 0.935 bits per heavy atom. The molecule has 4 rings (SSSR count). The molecule has 0 amide bonds. The van der Waals surface area contributed by atoms with Crippen molar-refractivity contribution in [2.24, 2.45) is 7.05 Å². The molecule has 3 heterocycles. The Kier molecular flexibility index (Phi) is 4.76. The molecule has 31 heavy (non-hydrogen) atoms. The zero-order chi connectivity index (χ0) is 22.6. The third-order valence-electron chi connectivity index (χ3n) is 5.85. The Labute approximate surface area is 177 Å². The summed E-state index contributed by atoms with van der Waals surface area (Å²) in [6.07, 6.45) is 1.74. The molecule has 0 saturated carbocycles. The van der Waals surface area contributed by atoms with Gasteiger partial charge in [-0.15, -0.1) is 0 Å². The molecule has 0 bridgehead atoms. The van der Waals surface area contributed by atoms with Crippen LogP contribution in [-0.2, 0) is 16.6 Å². The van der Waals surface area contributed by atoms with E-state index in [1.165, 1.54) is 32.4 Å². The average molecular weight is 421 g/mol. The first-order valence-electron chi connectivity index (χ1n) is 9.96. The Morgan fingerprint density at radius 2 is 1.52 bits per heavy atom. The molecule has 4 aromatic rings. The zero-order valence-corrected chi connectivity index (χ0v) is 18.0. The summed E-state index contributed by atoms with van der Waals surface area (Å²) in [6, 6.07) is 8.03. The summed E-state index contributed by atoms with van der Waals surface area (Å²) in [6.45, 7) is 6.12. The van der Waals surface area contributed by atoms with Crippen LogP contribution in [0.15, 0.2) is 46.1 Å². The van der Waals surface area contributed by atoms with E-state index in [4.69, 9.17) is 0 Å². The van der Waals surface area contributed by atoms with Crippen LogP contribution >= 0.6 is 0 Å².